The van der Waals surface area contributed by atoms with Gasteiger partial charge in [-0.3, -0.25) is 4.79 Å². The molecule has 118 valence electrons. The number of benzene rings is 1. The van der Waals surface area contributed by atoms with Crippen molar-refractivity contribution < 1.29 is 9.59 Å². The Morgan fingerprint density at radius 2 is 1.68 bits per heavy atom. The molecule has 0 unspecified atom stereocenters. The van der Waals surface area contributed by atoms with Gasteiger partial charge in [0.15, 0.2) is 0 Å². The van der Waals surface area contributed by atoms with Crippen LogP contribution in [0.1, 0.15) is 32.1 Å². The highest BCUT2D eigenvalue weighted by Gasteiger charge is 2.29. The van der Waals surface area contributed by atoms with Crippen molar-refractivity contribution >= 4 is 17.6 Å². The molecule has 2 fully saturated rings. The largest absolute Gasteiger partial charge is 0.353 e. The van der Waals surface area contributed by atoms with E-state index in [-0.39, 0.29) is 23.9 Å². The van der Waals surface area contributed by atoms with E-state index >= 15 is 0 Å². The van der Waals surface area contributed by atoms with Crippen LogP contribution in [0.25, 0.3) is 0 Å². The van der Waals surface area contributed by atoms with Crippen LogP contribution in [-0.2, 0) is 4.79 Å². The molecule has 2 N–H and O–H groups in total. The zero-order valence-corrected chi connectivity index (χ0v) is 12.8. The fourth-order valence-electron chi connectivity index (χ4n) is 2.94. The molecular formula is C17H23N3O2. The Morgan fingerprint density at radius 1 is 1.00 bits per heavy atom. The summed E-state index contributed by atoms with van der Waals surface area (Å²) in [5, 5.41) is 6.04. The van der Waals surface area contributed by atoms with Crippen LogP contribution >= 0.6 is 0 Å². The van der Waals surface area contributed by atoms with Crippen LogP contribution in [0.5, 0.6) is 0 Å². The van der Waals surface area contributed by atoms with Crippen molar-refractivity contribution in [3.63, 3.8) is 0 Å². The highest BCUT2D eigenvalue weighted by atomic mass is 16.2. The minimum atomic E-state index is -0.0602. The minimum absolute atomic E-state index is 0.0602. The maximum absolute atomic E-state index is 12.2. The van der Waals surface area contributed by atoms with E-state index in [4.69, 9.17) is 0 Å². The first-order valence-corrected chi connectivity index (χ1v) is 8.14. The molecule has 3 rings (SSSR count). The summed E-state index contributed by atoms with van der Waals surface area (Å²) in [7, 11) is 0. The molecule has 0 atom stereocenters. The number of carbonyl (C=O) groups is 2. The molecule has 1 heterocycles. The Labute approximate surface area is 131 Å². The SMILES string of the molecule is O=C(NC1CCN(C(=O)Nc2ccccc2)CC1)C1CCC1. The van der Waals surface area contributed by atoms with Crippen LogP contribution in [0.2, 0.25) is 0 Å². The predicted molar refractivity (Wildman–Crippen MR) is 85.5 cm³/mol. The average molecular weight is 301 g/mol. The van der Waals surface area contributed by atoms with Crippen molar-refractivity contribution in [2.45, 2.75) is 38.1 Å². The van der Waals surface area contributed by atoms with Gasteiger partial charge in [0.1, 0.15) is 0 Å². The Balaban J connectivity index is 1.43. The standard InChI is InChI=1S/C17H23N3O2/c21-16(13-5-4-6-13)18-15-9-11-20(12-10-15)17(22)19-14-7-2-1-3-8-14/h1-3,7-8,13,15H,4-6,9-12H2,(H,18,21)(H,19,22). The Hall–Kier alpha value is -2.04. The van der Waals surface area contributed by atoms with Crippen molar-refractivity contribution in [3.8, 4) is 0 Å². The Morgan fingerprint density at radius 3 is 2.27 bits per heavy atom. The van der Waals surface area contributed by atoms with Crippen molar-refractivity contribution in [2.24, 2.45) is 5.92 Å². The molecule has 22 heavy (non-hydrogen) atoms. The molecule has 5 heteroatoms. The van der Waals surface area contributed by atoms with Crippen LogP contribution in [0.15, 0.2) is 30.3 Å². The molecule has 0 bridgehead atoms. The Bertz CT molecular complexity index is 520. The van der Waals surface area contributed by atoms with Crippen molar-refractivity contribution in [2.75, 3.05) is 18.4 Å². The second-order valence-corrected chi connectivity index (χ2v) is 6.19. The molecule has 1 aliphatic carbocycles. The minimum Gasteiger partial charge on any atom is -0.353 e. The molecule has 0 radical (unpaired) electrons. The van der Waals surface area contributed by atoms with Gasteiger partial charge in [0.2, 0.25) is 5.91 Å². The number of piperidine rings is 1. The lowest BCUT2D eigenvalue weighted by molar-refractivity contribution is -0.128. The fourth-order valence-corrected chi connectivity index (χ4v) is 2.94. The number of nitrogens with one attached hydrogen (secondary N) is 2. The Kier molecular flexibility index (Phi) is 4.61. The molecule has 1 aliphatic heterocycles. The number of anilines is 1. The molecule has 3 amide bonds. The van der Waals surface area contributed by atoms with Crippen LogP contribution in [0.3, 0.4) is 0 Å². The number of urea groups is 1. The average Bonchev–Trinajstić information content (AvgIpc) is 2.47. The van der Waals surface area contributed by atoms with E-state index in [0.717, 1.165) is 31.4 Å². The van der Waals surface area contributed by atoms with Crippen molar-refractivity contribution in [3.05, 3.63) is 30.3 Å². The summed E-state index contributed by atoms with van der Waals surface area (Å²) in [5.74, 6) is 0.442. The maximum Gasteiger partial charge on any atom is 0.321 e. The van der Waals surface area contributed by atoms with Crippen molar-refractivity contribution in [1.29, 1.82) is 0 Å². The third-order valence-electron chi connectivity index (χ3n) is 4.63. The van der Waals surface area contributed by atoms with E-state index in [2.05, 4.69) is 10.6 Å². The van der Waals surface area contributed by atoms with Crippen LogP contribution in [0.4, 0.5) is 10.5 Å². The number of carbonyl (C=O) groups excluding carboxylic acids is 2. The predicted octanol–water partition coefficient (Wildman–Crippen LogP) is 2.60. The molecule has 5 nitrogen and oxygen atoms in total. The van der Waals surface area contributed by atoms with Gasteiger partial charge >= 0.3 is 6.03 Å². The summed E-state index contributed by atoms with van der Waals surface area (Å²) in [5.41, 5.74) is 0.813. The first-order valence-electron chi connectivity index (χ1n) is 8.14. The van der Waals surface area contributed by atoms with Gasteiger partial charge in [-0.2, -0.15) is 0 Å². The molecule has 1 aromatic carbocycles. The van der Waals surface area contributed by atoms with Gasteiger partial charge in [-0.25, -0.2) is 4.79 Å². The first kappa shape index (κ1) is 14.9. The van der Waals surface area contributed by atoms with Crippen LogP contribution < -0.4 is 10.6 Å². The molecule has 1 saturated heterocycles. The molecular weight excluding hydrogens is 278 g/mol. The number of amides is 3. The van der Waals surface area contributed by atoms with E-state index in [0.29, 0.717) is 13.1 Å². The van der Waals surface area contributed by atoms with Crippen LogP contribution in [-0.4, -0.2) is 36.0 Å². The summed E-state index contributed by atoms with van der Waals surface area (Å²) < 4.78 is 0. The fraction of sp³-hybridized carbons (Fsp3) is 0.529. The van der Waals surface area contributed by atoms with Crippen molar-refractivity contribution in [1.82, 2.24) is 10.2 Å². The second-order valence-electron chi connectivity index (χ2n) is 6.19. The molecule has 0 aromatic heterocycles. The highest BCUT2D eigenvalue weighted by Crippen LogP contribution is 2.26. The third kappa shape index (κ3) is 3.59. The lowest BCUT2D eigenvalue weighted by Gasteiger charge is -2.34. The van der Waals surface area contributed by atoms with E-state index in [1.54, 1.807) is 0 Å². The van der Waals surface area contributed by atoms with E-state index in [9.17, 15) is 9.59 Å². The van der Waals surface area contributed by atoms with E-state index < -0.39 is 0 Å². The van der Waals surface area contributed by atoms with E-state index in [1.807, 2.05) is 35.2 Å². The maximum atomic E-state index is 12.2. The lowest BCUT2D eigenvalue weighted by Crippen LogP contribution is -2.49. The zero-order chi connectivity index (χ0) is 15.4. The summed E-state index contributed by atoms with van der Waals surface area (Å²) >= 11 is 0. The second kappa shape index (κ2) is 6.81. The number of nitrogens with zero attached hydrogens (tertiary/aromatic N) is 1. The normalized spacial score (nSPS) is 19.4. The lowest BCUT2D eigenvalue weighted by atomic mass is 9.84. The number of likely N-dealkylation sites (tertiary alicyclic amines) is 1. The van der Waals surface area contributed by atoms with Gasteiger partial charge in [0.25, 0.3) is 0 Å². The summed E-state index contributed by atoms with van der Waals surface area (Å²) in [6, 6.07) is 9.64. The molecule has 0 spiro atoms. The number of rotatable bonds is 3. The molecule has 1 saturated carbocycles. The van der Waals surface area contributed by atoms with Crippen LogP contribution in [0, 0.1) is 5.92 Å². The third-order valence-corrected chi connectivity index (χ3v) is 4.63. The van der Waals surface area contributed by atoms with Gasteiger partial charge in [-0.1, -0.05) is 24.6 Å². The number of para-hydroxylation sites is 1. The summed E-state index contributed by atoms with van der Waals surface area (Å²) in [4.78, 5) is 26.0. The van der Waals surface area contributed by atoms with E-state index in [1.165, 1.54) is 6.42 Å². The molecule has 2 aliphatic rings. The quantitative estimate of drug-likeness (QED) is 0.901. The topological polar surface area (TPSA) is 61.4 Å². The monoisotopic (exact) mass is 301 g/mol. The number of hydrogen-bond acceptors (Lipinski definition) is 2. The molecule has 1 aromatic rings. The smallest absolute Gasteiger partial charge is 0.321 e. The van der Waals surface area contributed by atoms with Gasteiger partial charge in [0.05, 0.1) is 0 Å². The summed E-state index contributed by atoms with van der Waals surface area (Å²) in [6.07, 6.45) is 4.91. The van der Waals surface area contributed by atoms with Gasteiger partial charge in [-0.15, -0.1) is 0 Å². The van der Waals surface area contributed by atoms with Gasteiger partial charge in [0, 0.05) is 30.7 Å². The highest BCUT2D eigenvalue weighted by molar-refractivity contribution is 5.89. The van der Waals surface area contributed by atoms with Gasteiger partial charge in [-0.05, 0) is 37.8 Å². The first-order chi connectivity index (χ1) is 10.7. The van der Waals surface area contributed by atoms with Gasteiger partial charge < -0.3 is 15.5 Å². The zero-order valence-electron chi connectivity index (χ0n) is 12.8. The number of hydrogen-bond donors (Lipinski definition) is 2. The summed E-state index contributed by atoms with van der Waals surface area (Å²) in [6.45, 7) is 1.38.